The Morgan fingerprint density at radius 2 is 1.00 bits per heavy atom. The van der Waals surface area contributed by atoms with Gasteiger partial charge >= 0.3 is 17.9 Å². The van der Waals surface area contributed by atoms with Gasteiger partial charge in [-0.3, -0.25) is 25.2 Å². The summed E-state index contributed by atoms with van der Waals surface area (Å²) < 4.78 is 10.2. The Hall–Kier alpha value is -5.72. The van der Waals surface area contributed by atoms with Gasteiger partial charge in [0.2, 0.25) is 12.2 Å². The van der Waals surface area contributed by atoms with E-state index in [0.717, 1.165) is 5.56 Å². The van der Waals surface area contributed by atoms with Crippen molar-refractivity contribution in [1.82, 2.24) is 10.9 Å². The summed E-state index contributed by atoms with van der Waals surface area (Å²) in [5, 5.41) is 13.2. The number of hydrogen-bond acceptors (Lipinski definition) is 8. The van der Waals surface area contributed by atoms with Gasteiger partial charge in [0.1, 0.15) is 0 Å². The standard InChI is InChI=1S/C33H25Cl2N3O9/c1-18-2-4-19(5-3-18)28(39)36-25-16-10-20(11-17-25)29(40)37-38-30(41)26(46-32(44)21-6-12-23(34)13-7-21)27(31(42)43)47-33(45)22-8-14-24(35)15-9-22/h2-17,26-27H,1H3,(H,36,39)(H,37,40)(H,38,41)(H,42,43)/t26-,27+/m0/s1. The van der Waals surface area contributed by atoms with E-state index in [2.05, 4.69) is 10.7 Å². The molecule has 0 spiro atoms. The van der Waals surface area contributed by atoms with Crippen LogP contribution in [0.15, 0.2) is 97.1 Å². The Labute approximate surface area is 277 Å². The monoisotopic (exact) mass is 677 g/mol. The molecule has 0 aliphatic heterocycles. The highest BCUT2D eigenvalue weighted by Crippen LogP contribution is 2.17. The van der Waals surface area contributed by atoms with Crippen molar-refractivity contribution in [2.45, 2.75) is 19.1 Å². The minimum absolute atomic E-state index is 0.0392. The quantitative estimate of drug-likeness (QED) is 0.135. The Morgan fingerprint density at radius 1 is 0.574 bits per heavy atom. The van der Waals surface area contributed by atoms with Gasteiger partial charge in [0.25, 0.3) is 17.7 Å². The van der Waals surface area contributed by atoms with E-state index in [0.29, 0.717) is 21.3 Å². The number of benzene rings is 4. The van der Waals surface area contributed by atoms with Crippen LogP contribution in [-0.2, 0) is 19.1 Å². The average molecular weight is 678 g/mol. The number of hydrogen-bond donors (Lipinski definition) is 4. The summed E-state index contributed by atoms with van der Waals surface area (Å²) >= 11 is 11.7. The number of rotatable bonds is 10. The first-order valence-corrected chi connectivity index (χ1v) is 14.4. The minimum Gasteiger partial charge on any atom is -0.478 e. The topological polar surface area (TPSA) is 177 Å². The first-order chi connectivity index (χ1) is 22.4. The number of amides is 3. The SMILES string of the molecule is Cc1ccc(C(=O)Nc2ccc(C(=O)NNC(=O)[C@@H](OC(=O)c3ccc(Cl)cc3)[C@@H](OC(=O)c3ccc(Cl)cc3)C(=O)O)cc2)cc1. The first-order valence-electron chi connectivity index (χ1n) is 13.7. The van der Waals surface area contributed by atoms with Gasteiger partial charge in [0.15, 0.2) is 0 Å². The molecule has 4 N–H and O–H groups in total. The summed E-state index contributed by atoms with van der Waals surface area (Å²) in [6.07, 6.45) is -4.62. The lowest BCUT2D eigenvalue weighted by atomic mass is 10.1. The zero-order chi connectivity index (χ0) is 34.1. The molecule has 14 heteroatoms. The van der Waals surface area contributed by atoms with Gasteiger partial charge in [-0.15, -0.1) is 0 Å². The Bertz CT molecular complexity index is 1800. The molecular weight excluding hydrogens is 653 g/mol. The molecule has 4 rings (SSSR count). The number of aryl methyl sites for hydroxylation is 1. The fraction of sp³-hybridized carbons (Fsp3) is 0.0909. The second-order valence-corrected chi connectivity index (χ2v) is 10.7. The van der Waals surface area contributed by atoms with Crippen molar-refractivity contribution in [2.24, 2.45) is 0 Å². The molecule has 240 valence electrons. The van der Waals surface area contributed by atoms with E-state index in [4.69, 9.17) is 32.7 Å². The zero-order valence-corrected chi connectivity index (χ0v) is 25.9. The zero-order valence-electron chi connectivity index (χ0n) is 24.4. The molecule has 0 radical (unpaired) electrons. The van der Waals surface area contributed by atoms with Gasteiger partial charge in [-0.05, 0) is 91.9 Å². The van der Waals surface area contributed by atoms with Crippen LogP contribution in [-0.4, -0.2) is 52.9 Å². The summed E-state index contributed by atoms with van der Waals surface area (Å²) in [5.74, 6) is -6.68. The number of anilines is 1. The van der Waals surface area contributed by atoms with Crippen molar-refractivity contribution >= 4 is 64.5 Å². The van der Waals surface area contributed by atoms with E-state index in [1.165, 1.54) is 72.8 Å². The first kappa shape index (κ1) is 34.2. The average Bonchev–Trinajstić information content (AvgIpc) is 3.06. The molecule has 0 fully saturated rings. The third-order valence-electron chi connectivity index (χ3n) is 6.42. The van der Waals surface area contributed by atoms with E-state index >= 15 is 0 Å². The number of nitrogens with one attached hydrogen (secondary N) is 3. The molecule has 0 heterocycles. The van der Waals surface area contributed by atoms with Gasteiger partial charge < -0.3 is 19.9 Å². The number of hydrazine groups is 1. The summed E-state index contributed by atoms with van der Waals surface area (Å²) in [7, 11) is 0. The van der Waals surface area contributed by atoms with Gasteiger partial charge in [-0.25, -0.2) is 14.4 Å². The number of aliphatic carboxylic acids is 1. The van der Waals surface area contributed by atoms with E-state index in [9.17, 15) is 33.9 Å². The summed E-state index contributed by atoms with van der Waals surface area (Å²) in [6.45, 7) is 1.89. The molecule has 4 aromatic carbocycles. The molecule has 2 atom stereocenters. The summed E-state index contributed by atoms with van der Waals surface area (Å²) in [4.78, 5) is 76.2. The molecule has 3 amide bonds. The van der Waals surface area contributed by atoms with Gasteiger partial charge in [0.05, 0.1) is 11.1 Å². The fourth-order valence-electron chi connectivity index (χ4n) is 3.91. The lowest BCUT2D eigenvalue weighted by Crippen LogP contribution is -2.54. The largest absolute Gasteiger partial charge is 0.478 e. The Morgan fingerprint density at radius 3 is 1.49 bits per heavy atom. The number of ether oxygens (including phenoxy) is 2. The predicted octanol–water partition coefficient (Wildman–Crippen LogP) is 4.85. The van der Waals surface area contributed by atoms with Crippen molar-refractivity contribution in [2.75, 3.05) is 5.32 Å². The molecule has 0 aliphatic carbocycles. The number of halogens is 2. The molecule has 0 aliphatic rings. The molecular formula is C33H25Cl2N3O9. The second kappa shape index (κ2) is 15.5. The molecule has 12 nitrogen and oxygen atoms in total. The third-order valence-corrected chi connectivity index (χ3v) is 6.93. The maximum Gasteiger partial charge on any atom is 0.349 e. The molecule has 0 saturated heterocycles. The molecule has 0 unspecified atom stereocenters. The highest BCUT2D eigenvalue weighted by atomic mass is 35.5. The molecule has 0 bridgehead atoms. The van der Waals surface area contributed by atoms with Crippen LogP contribution < -0.4 is 16.2 Å². The van der Waals surface area contributed by atoms with Crippen LogP contribution in [0.4, 0.5) is 5.69 Å². The van der Waals surface area contributed by atoms with Crippen LogP contribution in [0.25, 0.3) is 0 Å². The molecule has 0 saturated carbocycles. The number of carboxylic acids is 1. The van der Waals surface area contributed by atoms with Crippen LogP contribution >= 0.6 is 23.2 Å². The maximum absolute atomic E-state index is 13.2. The number of carbonyl (C=O) groups is 6. The van der Waals surface area contributed by atoms with Crippen LogP contribution in [0.1, 0.15) is 47.0 Å². The highest BCUT2D eigenvalue weighted by Gasteiger charge is 2.41. The third kappa shape index (κ3) is 9.39. The second-order valence-electron chi connectivity index (χ2n) is 9.84. The van der Waals surface area contributed by atoms with Crippen LogP contribution in [0.5, 0.6) is 0 Å². The van der Waals surface area contributed by atoms with Crippen molar-refractivity contribution in [1.29, 1.82) is 0 Å². The number of esters is 2. The lowest BCUT2D eigenvalue weighted by molar-refractivity contribution is -0.159. The lowest BCUT2D eigenvalue weighted by Gasteiger charge is -2.23. The van der Waals surface area contributed by atoms with Crippen LogP contribution in [0.2, 0.25) is 10.0 Å². The molecule has 0 aromatic heterocycles. The predicted molar refractivity (Wildman–Crippen MR) is 170 cm³/mol. The van der Waals surface area contributed by atoms with E-state index < -0.39 is 41.9 Å². The normalized spacial score (nSPS) is 11.7. The fourth-order valence-corrected chi connectivity index (χ4v) is 4.16. The summed E-state index contributed by atoms with van der Waals surface area (Å²) in [6, 6.07) is 23.1. The summed E-state index contributed by atoms with van der Waals surface area (Å²) in [5.41, 5.74) is 5.74. The van der Waals surface area contributed by atoms with Gasteiger partial charge in [-0.2, -0.15) is 0 Å². The maximum atomic E-state index is 13.2. The molecule has 4 aromatic rings. The Balaban J connectivity index is 1.47. The molecule has 47 heavy (non-hydrogen) atoms. The van der Waals surface area contributed by atoms with Gasteiger partial charge in [0, 0.05) is 26.9 Å². The number of carbonyl (C=O) groups excluding carboxylic acids is 5. The number of carboxylic acid groups (broad SMARTS) is 1. The van der Waals surface area contributed by atoms with Crippen molar-refractivity contribution in [3.05, 3.63) is 135 Å². The minimum atomic E-state index is -2.34. The van der Waals surface area contributed by atoms with E-state index in [1.54, 1.807) is 24.3 Å². The van der Waals surface area contributed by atoms with Crippen molar-refractivity contribution < 1.29 is 43.3 Å². The van der Waals surface area contributed by atoms with E-state index in [-0.39, 0.29) is 22.6 Å². The van der Waals surface area contributed by atoms with Crippen LogP contribution in [0, 0.1) is 6.92 Å². The highest BCUT2D eigenvalue weighted by molar-refractivity contribution is 6.31. The van der Waals surface area contributed by atoms with Gasteiger partial charge in [-0.1, -0.05) is 40.9 Å². The van der Waals surface area contributed by atoms with E-state index in [1.807, 2.05) is 12.3 Å². The smallest absolute Gasteiger partial charge is 0.349 e. The Kier molecular flexibility index (Phi) is 11.3. The van der Waals surface area contributed by atoms with Crippen LogP contribution in [0.3, 0.4) is 0 Å². The van der Waals surface area contributed by atoms with Crippen molar-refractivity contribution in [3.63, 3.8) is 0 Å². The van der Waals surface area contributed by atoms with Crippen molar-refractivity contribution in [3.8, 4) is 0 Å².